The lowest BCUT2D eigenvalue weighted by Gasteiger charge is -2.27. The van der Waals surface area contributed by atoms with Gasteiger partial charge in [0.05, 0.1) is 30.4 Å². The SMILES string of the molecule is COc1ccc(C(=O)N(C(=O)c2ccc(OC)cc2)c2nc3ccc(N(C)C)cc3c(N(C)c3cccs3)c2C#N)cc1. The smallest absolute Gasteiger partial charge is 0.266 e. The lowest BCUT2D eigenvalue weighted by atomic mass is 10.0. The van der Waals surface area contributed by atoms with Crippen LogP contribution in [0.15, 0.2) is 84.2 Å². The van der Waals surface area contributed by atoms with Gasteiger partial charge in [-0.25, -0.2) is 9.88 Å². The highest BCUT2D eigenvalue weighted by molar-refractivity contribution is 7.14. The van der Waals surface area contributed by atoms with Gasteiger partial charge in [0.1, 0.15) is 23.1 Å². The van der Waals surface area contributed by atoms with Crippen molar-refractivity contribution < 1.29 is 19.1 Å². The van der Waals surface area contributed by atoms with Crippen LogP contribution in [0.4, 0.5) is 22.2 Å². The number of carbonyl (C=O) groups is 2. The van der Waals surface area contributed by atoms with E-state index in [0.29, 0.717) is 28.1 Å². The first-order chi connectivity index (χ1) is 20.8. The number of rotatable bonds is 8. The van der Waals surface area contributed by atoms with Gasteiger partial charge in [-0.1, -0.05) is 0 Å². The predicted octanol–water partition coefficient (Wildman–Crippen LogP) is 6.51. The Balaban J connectivity index is 1.80. The van der Waals surface area contributed by atoms with E-state index in [4.69, 9.17) is 14.5 Å². The molecule has 2 amide bonds. The molecule has 0 saturated carbocycles. The molecule has 0 bridgehead atoms. The zero-order chi connectivity index (χ0) is 30.7. The summed E-state index contributed by atoms with van der Waals surface area (Å²) in [6, 6.07) is 24.7. The quantitative estimate of drug-likeness (QED) is 0.189. The third-order valence-electron chi connectivity index (χ3n) is 7.01. The van der Waals surface area contributed by atoms with E-state index in [1.165, 1.54) is 25.6 Å². The molecule has 2 heterocycles. The molecular weight excluding hydrogens is 562 g/mol. The zero-order valence-electron chi connectivity index (χ0n) is 24.4. The Kier molecular flexibility index (Phi) is 8.27. The lowest BCUT2D eigenvalue weighted by molar-refractivity contribution is 0.0896. The number of carbonyl (C=O) groups excluding carboxylic acids is 2. The van der Waals surface area contributed by atoms with Crippen LogP contribution >= 0.6 is 11.3 Å². The number of benzene rings is 3. The molecule has 0 unspecified atom stereocenters. The van der Waals surface area contributed by atoms with Crippen molar-refractivity contribution in [2.45, 2.75) is 0 Å². The number of hydrogen-bond acceptors (Lipinski definition) is 9. The molecule has 216 valence electrons. The fourth-order valence-electron chi connectivity index (χ4n) is 4.69. The summed E-state index contributed by atoms with van der Waals surface area (Å²) in [7, 11) is 8.78. The van der Waals surface area contributed by atoms with Gasteiger partial charge in [0, 0.05) is 43.3 Å². The average molecular weight is 592 g/mol. The molecule has 0 saturated heterocycles. The molecule has 0 aliphatic heterocycles. The van der Waals surface area contributed by atoms with Crippen LogP contribution in [0.3, 0.4) is 0 Å². The summed E-state index contributed by atoms with van der Waals surface area (Å²) < 4.78 is 10.5. The van der Waals surface area contributed by atoms with E-state index in [1.807, 2.05) is 66.7 Å². The molecule has 5 aromatic rings. The minimum absolute atomic E-state index is 0.0624. The number of thiophene rings is 1. The highest BCUT2D eigenvalue weighted by Gasteiger charge is 2.33. The molecule has 5 rings (SSSR count). The van der Waals surface area contributed by atoms with Gasteiger partial charge < -0.3 is 19.3 Å². The van der Waals surface area contributed by atoms with Gasteiger partial charge >= 0.3 is 0 Å². The Bertz CT molecular complexity index is 1770. The lowest BCUT2D eigenvalue weighted by Crippen LogP contribution is -2.38. The first kappa shape index (κ1) is 29.1. The van der Waals surface area contributed by atoms with Crippen molar-refractivity contribution in [1.82, 2.24) is 4.98 Å². The summed E-state index contributed by atoms with van der Waals surface area (Å²) in [6.07, 6.45) is 0. The molecule has 0 aliphatic rings. The van der Waals surface area contributed by atoms with E-state index in [1.54, 1.807) is 48.5 Å². The molecule has 10 heteroatoms. The van der Waals surface area contributed by atoms with Gasteiger partial charge in [0.15, 0.2) is 5.82 Å². The minimum atomic E-state index is -0.638. The number of pyridine rings is 1. The second kappa shape index (κ2) is 12.2. The van der Waals surface area contributed by atoms with Crippen LogP contribution in [0.1, 0.15) is 26.3 Å². The highest BCUT2D eigenvalue weighted by Crippen LogP contribution is 2.41. The van der Waals surface area contributed by atoms with Crippen molar-refractivity contribution in [2.24, 2.45) is 0 Å². The number of methoxy groups -OCH3 is 2. The number of anilines is 4. The number of fused-ring (bicyclic) bond motifs is 1. The second-order valence-electron chi connectivity index (χ2n) is 9.78. The normalized spacial score (nSPS) is 10.6. The Labute approximate surface area is 253 Å². The van der Waals surface area contributed by atoms with Gasteiger partial charge in [0.25, 0.3) is 11.8 Å². The third-order valence-corrected chi connectivity index (χ3v) is 7.96. The first-order valence-electron chi connectivity index (χ1n) is 13.3. The van der Waals surface area contributed by atoms with E-state index in [-0.39, 0.29) is 22.5 Å². The molecule has 3 aromatic carbocycles. The molecule has 0 N–H and O–H groups in total. The van der Waals surface area contributed by atoms with Crippen LogP contribution in [-0.2, 0) is 0 Å². The van der Waals surface area contributed by atoms with Crippen molar-refractivity contribution in [3.63, 3.8) is 0 Å². The van der Waals surface area contributed by atoms with Crippen molar-refractivity contribution >= 4 is 56.2 Å². The molecule has 0 spiro atoms. The van der Waals surface area contributed by atoms with E-state index in [9.17, 15) is 14.9 Å². The molecule has 43 heavy (non-hydrogen) atoms. The monoisotopic (exact) mass is 591 g/mol. The minimum Gasteiger partial charge on any atom is -0.497 e. The molecule has 0 atom stereocenters. The molecule has 2 aromatic heterocycles. The molecule has 0 fully saturated rings. The van der Waals surface area contributed by atoms with Gasteiger partial charge in [-0.3, -0.25) is 9.59 Å². The zero-order valence-corrected chi connectivity index (χ0v) is 25.2. The fraction of sp³-hybridized carbons (Fsp3) is 0.152. The fourth-order valence-corrected chi connectivity index (χ4v) is 5.40. The molecular formula is C33H29N5O4S. The van der Waals surface area contributed by atoms with Crippen molar-refractivity contribution in [2.75, 3.05) is 50.1 Å². The maximum Gasteiger partial charge on any atom is 0.266 e. The van der Waals surface area contributed by atoms with Crippen LogP contribution in [0.25, 0.3) is 10.9 Å². The van der Waals surface area contributed by atoms with E-state index in [2.05, 4.69) is 6.07 Å². The maximum atomic E-state index is 14.2. The van der Waals surface area contributed by atoms with Crippen molar-refractivity contribution in [3.8, 4) is 17.6 Å². The van der Waals surface area contributed by atoms with Crippen molar-refractivity contribution in [1.29, 1.82) is 5.26 Å². The largest absolute Gasteiger partial charge is 0.497 e. The second-order valence-corrected chi connectivity index (χ2v) is 10.7. The van der Waals surface area contributed by atoms with E-state index in [0.717, 1.165) is 15.6 Å². The number of aromatic nitrogens is 1. The summed E-state index contributed by atoms with van der Waals surface area (Å²) in [5.74, 6) is -0.221. The molecule has 0 aliphatic carbocycles. The number of nitrogens with zero attached hydrogens (tertiary/aromatic N) is 5. The van der Waals surface area contributed by atoms with Crippen LogP contribution in [-0.4, -0.2) is 52.2 Å². The predicted molar refractivity (Wildman–Crippen MR) is 170 cm³/mol. The average Bonchev–Trinajstić information content (AvgIpc) is 3.59. The van der Waals surface area contributed by atoms with Crippen LogP contribution in [0, 0.1) is 11.3 Å². The Morgan fingerprint density at radius 1 is 0.837 bits per heavy atom. The number of nitriles is 1. The van der Waals surface area contributed by atoms with E-state index < -0.39 is 11.8 Å². The van der Waals surface area contributed by atoms with Gasteiger partial charge in [-0.05, 0) is 84.2 Å². The number of hydrogen-bond donors (Lipinski definition) is 0. The standard InChI is InChI=1S/C33H29N5O4S/c1-36(2)23-12-17-28-26(19-23)30(37(3)29-7-6-18-43-29)27(20-34)31(35-28)38(32(39)21-8-13-24(41-4)14-9-21)33(40)22-10-15-25(42-5)16-11-22/h6-19H,1-5H3. The summed E-state index contributed by atoms with van der Waals surface area (Å²) >= 11 is 1.51. The first-order valence-corrected chi connectivity index (χ1v) is 14.1. The Hall–Kier alpha value is -5.40. The molecule has 0 radical (unpaired) electrons. The van der Waals surface area contributed by atoms with Crippen LogP contribution < -0.4 is 24.2 Å². The third kappa shape index (κ3) is 5.58. The molecule has 9 nitrogen and oxygen atoms in total. The Morgan fingerprint density at radius 3 is 1.88 bits per heavy atom. The van der Waals surface area contributed by atoms with E-state index >= 15 is 0 Å². The van der Waals surface area contributed by atoms with Gasteiger partial charge in [-0.15, -0.1) is 11.3 Å². The summed E-state index contributed by atoms with van der Waals surface area (Å²) in [5.41, 5.74) is 2.50. The van der Waals surface area contributed by atoms with Gasteiger partial charge in [-0.2, -0.15) is 5.26 Å². The number of amides is 2. The number of ether oxygens (including phenoxy) is 2. The summed E-state index contributed by atoms with van der Waals surface area (Å²) in [5, 5.41) is 14.2. The number of imide groups is 1. The maximum absolute atomic E-state index is 14.2. The highest BCUT2D eigenvalue weighted by atomic mass is 32.1. The van der Waals surface area contributed by atoms with Crippen LogP contribution in [0.2, 0.25) is 0 Å². The van der Waals surface area contributed by atoms with Gasteiger partial charge in [0.2, 0.25) is 0 Å². The summed E-state index contributed by atoms with van der Waals surface area (Å²) in [4.78, 5) is 38.1. The topological polar surface area (TPSA) is 99.0 Å². The Morgan fingerprint density at radius 2 is 1.42 bits per heavy atom. The summed E-state index contributed by atoms with van der Waals surface area (Å²) in [6.45, 7) is 0. The van der Waals surface area contributed by atoms with Crippen LogP contribution in [0.5, 0.6) is 11.5 Å². The van der Waals surface area contributed by atoms with Crippen molar-refractivity contribution in [3.05, 3.63) is 101 Å².